The van der Waals surface area contributed by atoms with Crippen LogP contribution in [0.25, 0.3) is 0 Å². The number of amides is 1. The van der Waals surface area contributed by atoms with Gasteiger partial charge in [-0.3, -0.25) is 0 Å². The van der Waals surface area contributed by atoms with Crippen molar-refractivity contribution < 1.29 is 9.53 Å². The molecule has 1 saturated carbocycles. The van der Waals surface area contributed by atoms with Crippen molar-refractivity contribution in [2.24, 2.45) is 5.92 Å². The number of piperidine rings is 1. The Kier molecular flexibility index (Phi) is 4.76. The molecule has 1 amide bonds. The second-order valence-corrected chi connectivity index (χ2v) is 6.18. The minimum absolute atomic E-state index is 0.171. The van der Waals surface area contributed by atoms with Gasteiger partial charge in [-0.15, -0.1) is 0 Å². The number of hydrogen-bond acceptors (Lipinski definition) is 3. The standard InChI is InChI=1S/C17H24N2O2/c20-17(21-13-14-5-2-1-3-6-14)19-10-4-7-15(12-19)11-18-16-8-9-16/h1-3,5-6,15-16,18H,4,7-13H2. The Morgan fingerprint density at radius 2 is 2.05 bits per heavy atom. The van der Waals surface area contributed by atoms with Gasteiger partial charge >= 0.3 is 6.09 Å². The summed E-state index contributed by atoms with van der Waals surface area (Å²) in [4.78, 5) is 14.0. The highest BCUT2D eigenvalue weighted by Gasteiger charge is 2.27. The van der Waals surface area contributed by atoms with Crippen LogP contribution in [-0.2, 0) is 11.3 Å². The predicted molar refractivity (Wildman–Crippen MR) is 81.9 cm³/mol. The van der Waals surface area contributed by atoms with Gasteiger partial charge in [-0.05, 0) is 43.7 Å². The number of ether oxygens (including phenoxy) is 1. The van der Waals surface area contributed by atoms with Gasteiger partial charge in [-0.1, -0.05) is 30.3 Å². The zero-order valence-corrected chi connectivity index (χ0v) is 12.5. The summed E-state index contributed by atoms with van der Waals surface area (Å²) in [6.45, 7) is 3.05. The van der Waals surface area contributed by atoms with Gasteiger partial charge in [0, 0.05) is 19.1 Å². The molecule has 4 nitrogen and oxygen atoms in total. The van der Waals surface area contributed by atoms with E-state index in [2.05, 4.69) is 5.32 Å². The number of rotatable bonds is 5. The van der Waals surface area contributed by atoms with Gasteiger partial charge in [-0.2, -0.15) is 0 Å². The molecule has 1 aliphatic carbocycles. The second-order valence-electron chi connectivity index (χ2n) is 6.18. The van der Waals surface area contributed by atoms with Crippen LogP contribution in [-0.4, -0.2) is 36.7 Å². The van der Waals surface area contributed by atoms with E-state index >= 15 is 0 Å². The smallest absolute Gasteiger partial charge is 0.410 e. The van der Waals surface area contributed by atoms with Crippen molar-refractivity contribution >= 4 is 6.09 Å². The maximum atomic E-state index is 12.2. The van der Waals surface area contributed by atoms with Crippen LogP contribution in [0.2, 0.25) is 0 Å². The molecular formula is C17H24N2O2. The van der Waals surface area contributed by atoms with Crippen LogP contribution in [0.1, 0.15) is 31.2 Å². The van der Waals surface area contributed by atoms with Gasteiger partial charge < -0.3 is 15.0 Å². The van der Waals surface area contributed by atoms with Crippen LogP contribution in [0.3, 0.4) is 0 Å². The molecule has 0 radical (unpaired) electrons. The topological polar surface area (TPSA) is 41.6 Å². The molecule has 0 spiro atoms. The largest absolute Gasteiger partial charge is 0.445 e. The second kappa shape index (κ2) is 6.94. The molecule has 0 aromatic heterocycles. The SMILES string of the molecule is O=C(OCc1ccccc1)N1CCCC(CNC2CC2)C1. The van der Waals surface area contributed by atoms with Crippen molar-refractivity contribution in [1.29, 1.82) is 0 Å². The summed E-state index contributed by atoms with van der Waals surface area (Å²) >= 11 is 0. The molecule has 1 unspecified atom stereocenters. The van der Waals surface area contributed by atoms with E-state index in [0.717, 1.165) is 37.7 Å². The fourth-order valence-electron chi connectivity index (χ4n) is 2.83. The maximum absolute atomic E-state index is 12.2. The van der Waals surface area contributed by atoms with Crippen LogP contribution >= 0.6 is 0 Å². The summed E-state index contributed by atoms with van der Waals surface area (Å²) < 4.78 is 5.42. The first-order valence-electron chi connectivity index (χ1n) is 8.00. The fourth-order valence-corrected chi connectivity index (χ4v) is 2.83. The van der Waals surface area contributed by atoms with E-state index in [-0.39, 0.29) is 6.09 Å². The number of nitrogens with one attached hydrogen (secondary N) is 1. The molecule has 1 heterocycles. The summed E-state index contributed by atoms with van der Waals surface area (Å²) in [5.41, 5.74) is 1.04. The Balaban J connectivity index is 1.42. The number of carbonyl (C=O) groups is 1. The van der Waals surface area contributed by atoms with Gasteiger partial charge in [0.05, 0.1) is 0 Å². The molecule has 1 aromatic carbocycles. The van der Waals surface area contributed by atoms with Crippen LogP contribution in [0.4, 0.5) is 4.79 Å². The normalized spacial score (nSPS) is 22.1. The first kappa shape index (κ1) is 14.4. The van der Waals surface area contributed by atoms with E-state index in [1.807, 2.05) is 35.2 Å². The molecule has 4 heteroatoms. The number of nitrogens with zero attached hydrogens (tertiary/aromatic N) is 1. The Morgan fingerprint density at radius 3 is 2.81 bits per heavy atom. The molecule has 1 aromatic rings. The Bertz CT molecular complexity index is 459. The lowest BCUT2D eigenvalue weighted by molar-refractivity contribution is 0.0789. The van der Waals surface area contributed by atoms with Gasteiger partial charge in [0.2, 0.25) is 0 Å². The van der Waals surface area contributed by atoms with Crippen LogP contribution < -0.4 is 5.32 Å². The highest BCUT2D eigenvalue weighted by atomic mass is 16.6. The lowest BCUT2D eigenvalue weighted by Gasteiger charge is -2.32. The third-order valence-electron chi connectivity index (χ3n) is 4.25. The Morgan fingerprint density at radius 1 is 1.24 bits per heavy atom. The van der Waals surface area contributed by atoms with Crippen molar-refractivity contribution in [3.63, 3.8) is 0 Å². The van der Waals surface area contributed by atoms with Crippen LogP contribution in [0.15, 0.2) is 30.3 Å². The zero-order chi connectivity index (χ0) is 14.5. The first-order chi connectivity index (χ1) is 10.3. The molecule has 114 valence electrons. The van der Waals surface area contributed by atoms with Crippen molar-refractivity contribution in [3.8, 4) is 0 Å². The summed E-state index contributed by atoms with van der Waals surface area (Å²) in [5, 5.41) is 3.56. The molecule has 1 N–H and O–H groups in total. The zero-order valence-electron chi connectivity index (χ0n) is 12.5. The lowest BCUT2D eigenvalue weighted by Crippen LogP contribution is -2.43. The van der Waals surface area contributed by atoms with Crippen LogP contribution in [0, 0.1) is 5.92 Å². The number of benzene rings is 1. The van der Waals surface area contributed by atoms with Crippen molar-refractivity contribution in [2.75, 3.05) is 19.6 Å². The molecule has 1 aliphatic heterocycles. The van der Waals surface area contributed by atoms with Gasteiger partial charge in [-0.25, -0.2) is 4.79 Å². The van der Waals surface area contributed by atoms with Crippen molar-refractivity contribution in [2.45, 2.75) is 38.3 Å². The predicted octanol–water partition coefficient (Wildman–Crippen LogP) is 2.79. The minimum Gasteiger partial charge on any atom is -0.445 e. The molecule has 2 fully saturated rings. The summed E-state index contributed by atoms with van der Waals surface area (Å²) in [6, 6.07) is 10.6. The van der Waals surface area contributed by atoms with Crippen LogP contribution in [0.5, 0.6) is 0 Å². The van der Waals surface area contributed by atoms with Gasteiger partial charge in [0.25, 0.3) is 0 Å². The average molecular weight is 288 g/mol. The average Bonchev–Trinajstić information content (AvgIpc) is 3.36. The summed E-state index contributed by atoms with van der Waals surface area (Å²) in [7, 11) is 0. The third kappa shape index (κ3) is 4.46. The van der Waals surface area contributed by atoms with E-state index in [1.165, 1.54) is 19.3 Å². The van der Waals surface area contributed by atoms with E-state index in [4.69, 9.17) is 4.74 Å². The molecule has 1 saturated heterocycles. The summed E-state index contributed by atoms with van der Waals surface area (Å²) in [6.07, 6.45) is 4.75. The van der Waals surface area contributed by atoms with Crippen molar-refractivity contribution in [1.82, 2.24) is 10.2 Å². The lowest BCUT2D eigenvalue weighted by atomic mass is 9.98. The quantitative estimate of drug-likeness (QED) is 0.906. The van der Waals surface area contributed by atoms with E-state index in [0.29, 0.717) is 12.5 Å². The first-order valence-corrected chi connectivity index (χ1v) is 8.00. The number of hydrogen-bond donors (Lipinski definition) is 1. The molecule has 21 heavy (non-hydrogen) atoms. The highest BCUT2D eigenvalue weighted by molar-refractivity contribution is 5.67. The van der Waals surface area contributed by atoms with E-state index in [1.54, 1.807) is 0 Å². The monoisotopic (exact) mass is 288 g/mol. The molecule has 0 bridgehead atoms. The van der Waals surface area contributed by atoms with Crippen molar-refractivity contribution in [3.05, 3.63) is 35.9 Å². The Hall–Kier alpha value is -1.55. The third-order valence-corrected chi connectivity index (χ3v) is 4.25. The van der Waals surface area contributed by atoms with E-state index < -0.39 is 0 Å². The number of likely N-dealkylation sites (tertiary alicyclic amines) is 1. The van der Waals surface area contributed by atoms with Gasteiger partial charge in [0.1, 0.15) is 6.61 Å². The Labute approximate surface area is 126 Å². The fraction of sp³-hybridized carbons (Fsp3) is 0.588. The number of carbonyl (C=O) groups excluding carboxylic acids is 1. The molecular weight excluding hydrogens is 264 g/mol. The van der Waals surface area contributed by atoms with Gasteiger partial charge in [0.15, 0.2) is 0 Å². The maximum Gasteiger partial charge on any atom is 0.410 e. The summed E-state index contributed by atoms with van der Waals surface area (Å²) in [5.74, 6) is 0.573. The molecule has 3 rings (SSSR count). The molecule has 1 atom stereocenters. The highest BCUT2D eigenvalue weighted by Crippen LogP contribution is 2.21. The minimum atomic E-state index is -0.171. The molecule has 2 aliphatic rings. The van der Waals surface area contributed by atoms with E-state index in [9.17, 15) is 4.79 Å².